The van der Waals surface area contributed by atoms with Crippen LogP contribution in [0.4, 0.5) is 5.00 Å². The van der Waals surface area contributed by atoms with Gasteiger partial charge in [-0.25, -0.2) is 0 Å². The summed E-state index contributed by atoms with van der Waals surface area (Å²) in [5.41, 5.74) is -0.517. The van der Waals surface area contributed by atoms with Gasteiger partial charge < -0.3 is 10.4 Å². The van der Waals surface area contributed by atoms with Gasteiger partial charge in [0.1, 0.15) is 0 Å². The van der Waals surface area contributed by atoms with Gasteiger partial charge in [0, 0.05) is 6.54 Å². The summed E-state index contributed by atoms with van der Waals surface area (Å²) in [7, 11) is 0. The van der Waals surface area contributed by atoms with Crippen molar-refractivity contribution in [3.63, 3.8) is 0 Å². The molecule has 0 atom stereocenters. The summed E-state index contributed by atoms with van der Waals surface area (Å²) in [6.45, 7) is 0.537. The smallest absolute Gasteiger partial charge is 0.311 e. The lowest BCUT2D eigenvalue weighted by Gasteiger charge is -2.37. The Balaban J connectivity index is 1.95. The highest BCUT2D eigenvalue weighted by molar-refractivity contribution is 9.11. The normalized spacial score (nSPS) is 18.2. The van der Waals surface area contributed by atoms with E-state index in [1.54, 1.807) is 11.3 Å². The van der Waals surface area contributed by atoms with Crippen LogP contribution < -0.4 is 5.32 Å². The van der Waals surface area contributed by atoms with Gasteiger partial charge in [-0.1, -0.05) is 6.42 Å². The van der Waals surface area contributed by atoms with Crippen molar-refractivity contribution >= 4 is 38.2 Å². The van der Waals surface area contributed by atoms with E-state index in [0.29, 0.717) is 6.54 Å². The monoisotopic (exact) mass is 289 g/mol. The Labute approximate surface area is 101 Å². The highest BCUT2D eigenvalue weighted by Gasteiger charge is 2.44. The number of hydrogen-bond acceptors (Lipinski definition) is 3. The Morgan fingerprint density at radius 1 is 1.60 bits per heavy atom. The molecule has 2 N–H and O–H groups in total. The fourth-order valence-corrected chi connectivity index (χ4v) is 3.02. The predicted octanol–water partition coefficient (Wildman–Crippen LogP) is 3.18. The minimum Gasteiger partial charge on any atom is -0.481 e. The van der Waals surface area contributed by atoms with Crippen LogP contribution >= 0.6 is 27.3 Å². The van der Waals surface area contributed by atoms with Crippen molar-refractivity contribution in [2.75, 3.05) is 11.9 Å². The number of carbonyl (C=O) groups is 1. The molecule has 1 heterocycles. The molecule has 0 amide bonds. The highest BCUT2D eigenvalue weighted by Crippen LogP contribution is 2.41. The average Bonchev–Trinajstić information content (AvgIpc) is 2.49. The van der Waals surface area contributed by atoms with Crippen molar-refractivity contribution in [1.82, 2.24) is 0 Å². The van der Waals surface area contributed by atoms with Crippen LogP contribution in [0.1, 0.15) is 19.3 Å². The molecule has 1 aromatic heterocycles. The number of thiophene rings is 1. The molecule has 15 heavy (non-hydrogen) atoms. The van der Waals surface area contributed by atoms with Gasteiger partial charge in [0.25, 0.3) is 0 Å². The first kappa shape index (κ1) is 11.0. The zero-order valence-electron chi connectivity index (χ0n) is 8.12. The second-order valence-electron chi connectivity index (χ2n) is 3.90. The zero-order chi connectivity index (χ0) is 10.9. The zero-order valence-corrected chi connectivity index (χ0v) is 10.5. The van der Waals surface area contributed by atoms with E-state index < -0.39 is 11.4 Å². The number of halogens is 1. The number of hydrogen-bond donors (Lipinski definition) is 2. The van der Waals surface area contributed by atoms with Crippen molar-refractivity contribution < 1.29 is 9.90 Å². The molecule has 5 heteroatoms. The third kappa shape index (κ3) is 2.18. The van der Waals surface area contributed by atoms with E-state index >= 15 is 0 Å². The second-order valence-corrected chi connectivity index (χ2v) is 6.36. The minimum atomic E-state index is -0.670. The lowest BCUT2D eigenvalue weighted by Crippen LogP contribution is -2.43. The van der Waals surface area contributed by atoms with Crippen molar-refractivity contribution in [2.45, 2.75) is 19.3 Å². The van der Waals surface area contributed by atoms with Crippen LogP contribution in [0.3, 0.4) is 0 Å². The van der Waals surface area contributed by atoms with Gasteiger partial charge in [-0.15, -0.1) is 11.3 Å². The van der Waals surface area contributed by atoms with Crippen LogP contribution in [0.15, 0.2) is 15.9 Å². The van der Waals surface area contributed by atoms with E-state index in [9.17, 15) is 4.79 Å². The second kappa shape index (κ2) is 4.14. The van der Waals surface area contributed by atoms with Crippen LogP contribution in [0, 0.1) is 5.41 Å². The lowest BCUT2D eigenvalue weighted by atomic mass is 9.69. The minimum absolute atomic E-state index is 0.517. The topological polar surface area (TPSA) is 49.3 Å². The van der Waals surface area contributed by atoms with Crippen molar-refractivity contribution in [3.05, 3.63) is 15.9 Å². The highest BCUT2D eigenvalue weighted by atomic mass is 79.9. The van der Waals surface area contributed by atoms with E-state index in [4.69, 9.17) is 5.11 Å². The van der Waals surface area contributed by atoms with Crippen LogP contribution in [0.5, 0.6) is 0 Å². The molecule has 3 nitrogen and oxygen atoms in total. The number of anilines is 1. The Morgan fingerprint density at radius 2 is 2.33 bits per heavy atom. The maximum absolute atomic E-state index is 11.1. The molecule has 1 aliphatic carbocycles. The number of carboxylic acid groups (broad SMARTS) is 1. The molecule has 1 aromatic rings. The van der Waals surface area contributed by atoms with E-state index in [0.717, 1.165) is 28.0 Å². The van der Waals surface area contributed by atoms with E-state index in [1.807, 2.05) is 12.1 Å². The van der Waals surface area contributed by atoms with Crippen LogP contribution in [-0.4, -0.2) is 17.6 Å². The molecule has 82 valence electrons. The molecule has 1 saturated carbocycles. The summed E-state index contributed by atoms with van der Waals surface area (Å²) in [5, 5.41) is 13.3. The molecular formula is C10H12BrNO2S. The molecule has 0 spiro atoms. The summed E-state index contributed by atoms with van der Waals surface area (Å²) >= 11 is 4.96. The summed E-state index contributed by atoms with van der Waals surface area (Å²) in [5.74, 6) is -0.670. The Kier molecular flexibility index (Phi) is 3.02. The largest absolute Gasteiger partial charge is 0.481 e. The number of rotatable bonds is 4. The summed E-state index contributed by atoms with van der Waals surface area (Å²) < 4.78 is 1.06. The molecule has 2 rings (SSSR count). The standard InChI is InChI=1S/C10H12BrNO2S/c11-7-2-3-8(15-7)12-6-10(9(13)14)4-1-5-10/h2-3,12H,1,4-6H2,(H,13,14). The van der Waals surface area contributed by atoms with Gasteiger partial charge in [0.15, 0.2) is 0 Å². The molecular weight excluding hydrogens is 278 g/mol. The average molecular weight is 290 g/mol. The fourth-order valence-electron chi connectivity index (χ4n) is 1.74. The first-order chi connectivity index (χ1) is 7.12. The number of nitrogens with one attached hydrogen (secondary N) is 1. The number of carboxylic acids is 1. The van der Waals surface area contributed by atoms with E-state index in [-0.39, 0.29) is 0 Å². The Morgan fingerprint density at radius 3 is 2.73 bits per heavy atom. The summed E-state index contributed by atoms with van der Waals surface area (Å²) in [6, 6.07) is 3.92. The summed E-state index contributed by atoms with van der Waals surface area (Å²) in [4.78, 5) is 11.1. The molecule has 0 aromatic carbocycles. The van der Waals surface area contributed by atoms with Gasteiger partial charge in [-0.05, 0) is 40.9 Å². The maximum atomic E-state index is 11.1. The molecule has 0 bridgehead atoms. The van der Waals surface area contributed by atoms with Gasteiger partial charge in [-0.3, -0.25) is 4.79 Å². The van der Waals surface area contributed by atoms with Crippen molar-refractivity contribution in [2.24, 2.45) is 5.41 Å². The lowest BCUT2D eigenvalue weighted by molar-refractivity contribution is -0.153. The molecule has 1 aliphatic rings. The molecule has 1 fully saturated rings. The van der Waals surface area contributed by atoms with E-state index in [2.05, 4.69) is 21.2 Å². The number of aliphatic carboxylic acids is 1. The van der Waals surface area contributed by atoms with Gasteiger partial charge in [-0.2, -0.15) is 0 Å². The third-order valence-electron chi connectivity index (χ3n) is 2.94. The molecule has 0 aliphatic heterocycles. The van der Waals surface area contributed by atoms with Crippen molar-refractivity contribution in [1.29, 1.82) is 0 Å². The summed E-state index contributed by atoms with van der Waals surface area (Å²) in [6.07, 6.45) is 2.62. The first-order valence-corrected chi connectivity index (χ1v) is 6.46. The maximum Gasteiger partial charge on any atom is 0.311 e. The molecule has 0 radical (unpaired) electrons. The van der Waals surface area contributed by atoms with Crippen LogP contribution in [0.25, 0.3) is 0 Å². The van der Waals surface area contributed by atoms with Gasteiger partial charge in [0.05, 0.1) is 14.2 Å². The Hall–Kier alpha value is -0.550. The van der Waals surface area contributed by atoms with Crippen molar-refractivity contribution in [3.8, 4) is 0 Å². The van der Waals surface area contributed by atoms with Gasteiger partial charge in [0.2, 0.25) is 0 Å². The SMILES string of the molecule is O=C(O)C1(CNc2ccc(Br)s2)CCC1. The van der Waals surface area contributed by atoms with E-state index in [1.165, 1.54) is 0 Å². The predicted molar refractivity (Wildman–Crippen MR) is 64.4 cm³/mol. The van der Waals surface area contributed by atoms with Crippen LogP contribution in [0.2, 0.25) is 0 Å². The third-order valence-corrected chi connectivity index (χ3v) is 4.52. The fraction of sp³-hybridized carbons (Fsp3) is 0.500. The first-order valence-electron chi connectivity index (χ1n) is 4.85. The Bertz CT molecular complexity index is 373. The molecule has 0 unspecified atom stereocenters. The van der Waals surface area contributed by atoms with Crippen LogP contribution in [-0.2, 0) is 4.79 Å². The molecule has 0 saturated heterocycles. The van der Waals surface area contributed by atoms with Gasteiger partial charge >= 0.3 is 5.97 Å². The quantitative estimate of drug-likeness (QED) is 0.895.